The molecule has 0 saturated carbocycles. The van der Waals surface area contributed by atoms with Crippen LogP contribution in [0, 0.1) is 24.4 Å². The summed E-state index contributed by atoms with van der Waals surface area (Å²) in [4.78, 5) is 13.4. The van der Waals surface area contributed by atoms with Crippen LogP contribution in [-0.2, 0) is 13.0 Å². The van der Waals surface area contributed by atoms with Crippen LogP contribution in [0.1, 0.15) is 28.4 Å². The van der Waals surface area contributed by atoms with Crippen LogP contribution in [0.15, 0.2) is 77.6 Å². The van der Waals surface area contributed by atoms with Gasteiger partial charge in [-0.05, 0) is 36.2 Å². The van der Waals surface area contributed by atoms with E-state index in [0.717, 1.165) is 22.4 Å². The Bertz CT molecular complexity index is 1330. The summed E-state index contributed by atoms with van der Waals surface area (Å²) in [5.41, 5.74) is 7.21. The highest BCUT2D eigenvalue weighted by molar-refractivity contribution is 5.67. The van der Waals surface area contributed by atoms with Crippen molar-refractivity contribution in [2.45, 2.75) is 25.9 Å². The molecule has 1 heterocycles. The molecule has 0 aliphatic heterocycles. The van der Waals surface area contributed by atoms with Gasteiger partial charge in [0, 0.05) is 23.6 Å². The standard InChI is InChI=1S/C26H22F3N3O/c1-16-24(14-19-21(28)12-7-13-22(19)29)31-32(15-23(30)17-8-3-2-4-9-17)26(33)25(16)18-10-5-6-11-20(18)27/h2-13,23H,14-15,30H2,1H3. The quantitative estimate of drug-likeness (QED) is 0.454. The van der Waals surface area contributed by atoms with E-state index in [1.165, 1.54) is 24.3 Å². The highest BCUT2D eigenvalue weighted by Gasteiger charge is 2.21. The summed E-state index contributed by atoms with van der Waals surface area (Å²) in [6, 6.07) is 18.1. The zero-order valence-corrected chi connectivity index (χ0v) is 17.9. The van der Waals surface area contributed by atoms with Crippen molar-refractivity contribution in [3.63, 3.8) is 0 Å². The van der Waals surface area contributed by atoms with Crippen LogP contribution in [0.2, 0.25) is 0 Å². The molecule has 7 heteroatoms. The van der Waals surface area contributed by atoms with E-state index in [9.17, 15) is 18.0 Å². The van der Waals surface area contributed by atoms with Gasteiger partial charge in [0.25, 0.3) is 5.56 Å². The minimum atomic E-state index is -0.720. The number of aromatic nitrogens is 2. The molecule has 1 aromatic heterocycles. The molecule has 1 atom stereocenters. The predicted molar refractivity (Wildman–Crippen MR) is 121 cm³/mol. The van der Waals surface area contributed by atoms with Crippen LogP contribution in [0.4, 0.5) is 13.2 Å². The molecule has 0 aliphatic carbocycles. The van der Waals surface area contributed by atoms with Crippen molar-refractivity contribution < 1.29 is 13.2 Å². The third-order valence-electron chi connectivity index (χ3n) is 5.64. The Morgan fingerprint density at radius 3 is 2.15 bits per heavy atom. The number of halogens is 3. The molecule has 4 rings (SSSR count). The van der Waals surface area contributed by atoms with Crippen LogP contribution < -0.4 is 11.3 Å². The van der Waals surface area contributed by atoms with E-state index in [1.54, 1.807) is 13.0 Å². The fourth-order valence-electron chi connectivity index (χ4n) is 3.83. The molecule has 2 N–H and O–H groups in total. The normalized spacial score (nSPS) is 12.0. The van der Waals surface area contributed by atoms with Crippen LogP contribution in [0.5, 0.6) is 0 Å². The fraction of sp³-hybridized carbons (Fsp3) is 0.154. The average molecular weight is 449 g/mol. The van der Waals surface area contributed by atoms with Gasteiger partial charge in [-0.15, -0.1) is 0 Å². The topological polar surface area (TPSA) is 60.9 Å². The maximum absolute atomic E-state index is 14.7. The molecule has 3 aromatic carbocycles. The highest BCUT2D eigenvalue weighted by atomic mass is 19.1. The second-order valence-electron chi connectivity index (χ2n) is 7.81. The first-order valence-electron chi connectivity index (χ1n) is 10.5. The lowest BCUT2D eigenvalue weighted by atomic mass is 9.97. The SMILES string of the molecule is Cc1c(Cc2c(F)cccc2F)nn(CC(N)c2ccccc2)c(=O)c1-c1ccccc1F. The van der Waals surface area contributed by atoms with Gasteiger partial charge in [0.1, 0.15) is 17.5 Å². The second-order valence-corrected chi connectivity index (χ2v) is 7.81. The minimum Gasteiger partial charge on any atom is -0.322 e. The summed E-state index contributed by atoms with van der Waals surface area (Å²) >= 11 is 0. The monoisotopic (exact) mass is 449 g/mol. The number of nitrogens with zero attached hydrogens (tertiary/aromatic N) is 2. The minimum absolute atomic E-state index is 0.0112. The van der Waals surface area contributed by atoms with Crippen molar-refractivity contribution >= 4 is 0 Å². The van der Waals surface area contributed by atoms with Gasteiger partial charge < -0.3 is 5.73 Å². The molecule has 1 unspecified atom stereocenters. The smallest absolute Gasteiger partial charge is 0.275 e. The third kappa shape index (κ3) is 4.59. The van der Waals surface area contributed by atoms with Crippen LogP contribution >= 0.6 is 0 Å². The summed E-state index contributed by atoms with van der Waals surface area (Å²) in [6.45, 7) is 1.61. The first-order chi connectivity index (χ1) is 15.9. The average Bonchev–Trinajstić information content (AvgIpc) is 2.81. The lowest BCUT2D eigenvalue weighted by Crippen LogP contribution is -2.32. The van der Waals surface area contributed by atoms with Crippen molar-refractivity contribution in [1.29, 1.82) is 0 Å². The van der Waals surface area contributed by atoms with Gasteiger partial charge in [0.05, 0.1) is 17.8 Å². The molecule has 4 nitrogen and oxygen atoms in total. The molecule has 0 spiro atoms. The molecule has 168 valence electrons. The van der Waals surface area contributed by atoms with Gasteiger partial charge in [-0.3, -0.25) is 4.79 Å². The molecule has 0 fully saturated rings. The van der Waals surface area contributed by atoms with Gasteiger partial charge >= 0.3 is 0 Å². The van der Waals surface area contributed by atoms with E-state index in [4.69, 9.17) is 5.73 Å². The zero-order valence-electron chi connectivity index (χ0n) is 17.9. The molecule has 0 saturated heterocycles. The first kappa shape index (κ1) is 22.5. The zero-order chi connectivity index (χ0) is 23.5. The Labute approximate surface area is 189 Å². The van der Waals surface area contributed by atoms with Crippen LogP contribution in [0.25, 0.3) is 11.1 Å². The summed E-state index contributed by atoms with van der Waals surface area (Å²) in [5, 5.41) is 4.40. The maximum atomic E-state index is 14.7. The van der Waals surface area contributed by atoms with E-state index < -0.39 is 29.1 Å². The van der Waals surface area contributed by atoms with Gasteiger partial charge in [0.2, 0.25) is 0 Å². The van der Waals surface area contributed by atoms with Crippen LogP contribution in [0.3, 0.4) is 0 Å². The predicted octanol–water partition coefficient (Wildman–Crippen LogP) is 4.93. The molecule has 0 bridgehead atoms. The molecule has 0 aliphatic rings. The molecular formula is C26H22F3N3O. The summed E-state index contributed by atoms with van der Waals surface area (Å²) in [5.74, 6) is -2.02. The first-order valence-corrected chi connectivity index (χ1v) is 10.5. The van der Waals surface area contributed by atoms with Crippen molar-refractivity contribution in [3.8, 4) is 11.1 Å². The van der Waals surface area contributed by atoms with Gasteiger partial charge in [-0.1, -0.05) is 54.6 Å². The molecular weight excluding hydrogens is 427 g/mol. The van der Waals surface area contributed by atoms with Crippen LogP contribution in [-0.4, -0.2) is 9.78 Å². The molecule has 33 heavy (non-hydrogen) atoms. The molecule has 0 radical (unpaired) electrons. The number of benzene rings is 3. The fourth-order valence-corrected chi connectivity index (χ4v) is 3.83. The molecule has 0 amide bonds. The molecule has 4 aromatic rings. The second kappa shape index (κ2) is 9.42. The summed E-state index contributed by atoms with van der Waals surface area (Å²) in [6.07, 6.45) is -0.202. The number of hydrogen-bond donors (Lipinski definition) is 1. The number of rotatable bonds is 6. The van der Waals surface area contributed by atoms with E-state index in [-0.39, 0.29) is 35.3 Å². The van der Waals surface area contributed by atoms with Crippen molar-refractivity contribution in [1.82, 2.24) is 9.78 Å². The van der Waals surface area contributed by atoms with Gasteiger partial charge in [0.15, 0.2) is 0 Å². The Morgan fingerprint density at radius 2 is 1.48 bits per heavy atom. The van der Waals surface area contributed by atoms with Crippen molar-refractivity contribution in [2.75, 3.05) is 0 Å². The van der Waals surface area contributed by atoms with Crippen molar-refractivity contribution in [3.05, 3.63) is 123 Å². The highest BCUT2D eigenvalue weighted by Crippen LogP contribution is 2.26. The van der Waals surface area contributed by atoms with Gasteiger partial charge in [-0.2, -0.15) is 5.10 Å². The van der Waals surface area contributed by atoms with E-state index in [2.05, 4.69) is 5.10 Å². The lowest BCUT2D eigenvalue weighted by molar-refractivity contribution is 0.494. The largest absolute Gasteiger partial charge is 0.322 e. The summed E-state index contributed by atoms with van der Waals surface area (Å²) in [7, 11) is 0. The van der Waals surface area contributed by atoms with Crippen molar-refractivity contribution in [2.24, 2.45) is 5.73 Å². The number of hydrogen-bond acceptors (Lipinski definition) is 3. The Kier molecular flexibility index (Phi) is 6.42. The van der Waals surface area contributed by atoms with E-state index >= 15 is 0 Å². The van der Waals surface area contributed by atoms with E-state index in [1.807, 2.05) is 30.3 Å². The Hall–Kier alpha value is -3.71. The van der Waals surface area contributed by atoms with E-state index in [0.29, 0.717) is 5.56 Å². The lowest BCUT2D eigenvalue weighted by Gasteiger charge is -2.18. The maximum Gasteiger partial charge on any atom is 0.275 e. The Morgan fingerprint density at radius 1 is 0.879 bits per heavy atom. The summed E-state index contributed by atoms with van der Waals surface area (Å²) < 4.78 is 44.5. The Balaban J connectivity index is 1.87. The van der Waals surface area contributed by atoms with Gasteiger partial charge in [-0.25, -0.2) is 17.9 Å². The number of nitrogens with two attached hydrogens (primary N) is 1. The third-order valence-corrected chi connectivity index (χ3v) is 5.64.